The number of rotatable bonds is 5. The second-order valence-corrected chi connectivity index (χ2v) is 6.25. The molecule has 6 nitrogen and oxygen atoms in total. The van der Waals surface area contributed by atoms with Gasteiger partial charge in [-0.1, -0.05) is 18.2 Å². The summed E-state index contributed by atoms with van der Waals surface area (Å²) in [4.78, 5) is 23.7. The van der Waals surface area contributed by atoms with E-state index in [2.05, 4.69) is 10.6 Å². The molecule has 4 aromatic rings. The molecule has 0 aliphatic heterocycles. The van der Waals surface area contributed by atoms with Crippen molar-refractivity contribution >= 4 is 39.4 Å². The number of furan rings is 1. The van der Waals surface area contributed by atoms with Crippen LogP contribution in [-0.2, 0) is 4.79 Å². The van der Waals surface area contributed by atoms with Crippen LogP contribution in [0.5, 0.6) is 5.75 Å². The fourth-order valence-corrected chi connectivity index (χ4v) is 2.99. The van der Waals surface area contributed by atoms with Gasteiger partial charge in [0, 0.05) is 29.1 Å². The molecule has 0 saturated carbocycles. The third-order valence-electron chi connectivity index (χ3n) is 4.38. The second kappa shape index (κ2) is 7.44. The highest BCUT2D eigenvalue weighted by atomic mass is 16.5. The number of benzene rings is 3. The van der Waals surface area contributed by atoms with Crippen molar-refractivity contribution in [1.29, 1.82) is 0 Å². The number of anilines is 1. The molecular formula is C22H18N2O4. The van der Waals surface area contributed by atoms with Gasteiger partial charge in [-0.25, -0.2) is 0 Å². The van der Waals surface area contributed by atoms with Crippen LogP contribution in [0.3, 0.4) is 0 Å². The molecule has 0 radical (unpaired) electrons. The van der Waals surface area contributed by atoms with Crippen molar-refractivity contribution < 1.29 is 18.7 Å². The molecule has 0 aliphatic carbocycles. The molecule has 0 spiro atoms. The Morgan fingerprint density at radius 2 is 1.68 bits per heavy atom. The zero-order valence-corrected chi connectivity index (χ0v) is 15.2. The molecule has 4 rings (SSSR count). The van der Waals surface area contributed by atoms with Crippen molar-refractivity contribution in [3.05, 3.63) is 72.3 Å². The summed E-state index contributed by atoms with van der Waals surface area (Å²) in [6, 6.07) is 19.9. The van der Waals surface area contributed by atoms with Gasteiger partial charge in [-0.15, -0.1) is 0 Å². The highest BCUT2D eigenvalue weighted by molar-refractivity contribution is 6.05. The lowest BCUT2D eigenvalue weighted by atomic mass is 10.1. The second-order valence-electron chi connectivity index (χ2n) is 6.25. The summed E-state index contributed by atoms with van der Waals surface area (Å²) in [5, 5.41) is 7.24. The fraction of sp³-hybridized carbons (Fsp3) is 0.0909. The summed E-state index contributed by atoms with van der Waals surface area (Å²) in [6.07, 6.45) is 0. The normalized spacial score (nSPS) is 10.8. The Morgan fingerprint density at radius 3 is 2.46 bits per heavy atom. The van der Waals surface area contributed by atoms with Gasteiger partial charge in [0.25, 0.3) is 11.8 Å². The quantitative estimate of drug-likeness (QED) is 0.554. The maximum absolute atomic E-state index is 12.2. The molecule has 140 valence electrons. The summed E-state index contributed by atoms with van der Waals surface area (Å²) in [6.45, 7) is -0.126. The molecule has 0 unspecified atom stereocenters. The van der Waals surface area contributed by atoms with Crippen LogP contribution in [0.25, 0.3) is 21.9 Å². The molecule has 2 N–H and O–H groups in total. The zero-order chi connectivity index (χ0) is 19.5. The van der Waals surface area contributed by atoms with Gasteiger partial charge in [-0.2, -0.15) is 0 Å². The number of carbonyl (C=O) groups is 2. The summed E-state index contributed by atoms with van der Waals surface area (Å²) in [5.41, 5.74) is 2.71. The lowest BCUT2D eigenvalue weighted by Gasteiger charge is -2.08. The molecule has 0 atom stereocenters. The Kier molecular flexibility index (Phi) is 4.68. The summed E-state index contributed by atoms with van der Waals surface area (Å²) >= 11 is 0. The minimum Gasteiger partial charge on any atom is -0.484 e. The maximum Gasteiger partial charge on any atom is 0.262 e. The first-order valence-corrected chi connectivity index (χ1v) is 8.80. The van der Waals surface area contributed by atoms with Crippen LogP contribution in [0.2, 0.25) is 0 Å². The van der Waals surface area contributed by atoms with Gasteiger partial charge in [0.05, 0.1) is 0 Å². The van der Waals surface area contributed by atoms with E-state index in [0.29, 0.717) is 17.0 Å². The van der Waals surface area contributed by atoms with Crippen molar-refractivity contribution in [3.63, 3.8) is 0 Å². The van der Waals surface area contributed by atoms with Crippen LogP contribution >= 0.6 is 0 Å². The van der Waals surface area contributed by atoms with Gasteiger partial charge in [0.15, 0.2) is 6.61 Å². The SMILES string of the molecule is CNC(=O)c1ccc(NC(=O)COc2ccc3oc4ccccc4c3c2)cc1. The van der Waals surface area contributed by atoms with Crippen molar-refractivity contribution in [2.75, 3.05) is 19.0 Å². The summed E-state index contributed by atoms with van der Waals surface area (Å²) in [7, 11) is 1.57. The zero-order valence-electron chi connectivity index (χ0n) is 15.2. The Bertz CT molecular complexity index is 1160. The monoisotopic (exact) mass is 374 g/mol. The van der Waals surface area contributed by atoms with Crippen molar-refractivity contribution in [3.8, 4) is 5.75 Å². The van der Waals surface area contributed by atoms with Gasteiger partial charge in [-0.3, -0.25) is 9.59 Å². The Labute approximate surface area is 161 Å². The van der Waals surface area contributed by atoms with Crippen molar-refractivity contribution in [2.24, 2.45) is 0 Å². The average molecular weight is 374 g/mol. The first-order valence-electron chi connectivity index (χ1n) is 8.80. The molecule has 0 aliphatic rings. The Morgan fingerprint density at radius 1 is 0.929 bits per heavy atom. The Balaban J connectivity index is 1.41. The van der Waals surface area contributed by atoms with E-state index in [4.69, 9.17) is 9.15 Å². The number of amides is 2. The van der Waals surface area contributed by atoms with E-state index in [1.165, 1.54) is 0 Å². The van der Waals surface area contributed by atoms with E-state index in [9.17, 15) is 9.59 Å². The predicted molar refractivity (Wildman–Crippen MR) is 108 cm³/mol. The summed E-state index contributed by atoms with van der Waals surface area (Å²) in [5.74, 6) is 0.123. The number of hydrogen-bond acceptors (Lipinski definition) is 4. The third-order valence-corrected chi connectivity index (χ3v) is 4.38. The first kappa shape index (κ1) is 17.6. The predicted octanol–water partition coefficient (Wildman–Crippen LogP) is 3.96. The van der Waals surface area contributed by atoms with Crippen LogP contribution in [0, 0.1) is 0 Å². The van der Waals surface area contributed by atoms with Crippen LogP contribution in [0.15, 0.2) is 71.1 Å². The number of para-hydroxylation sites is 1. The van der Waals surface area contributed by atoms with E-state index in [-0.39, 0.29) is 18.4 Å². The topological polar surface area (TPSA) is 80.6 Å². The largest absolute Gasteiger partial charge is 0.484 e. The van der Waals surface area contributed by atoms with Crippen LogP contribution < -0.4 is 15.4 Å². The smallest absolute Gasteiger partial charge is 0.262 e. The first-order chi connectivity index (χ1) is 13.6. The third kappa shape index (κ3) is 3.53. The Hall–Kier alpha value is -3.80. The number of nitrogens with one attached hydrogen (secondary N) is 2. The van der Waals surface area contributed by atoms with E-state index in [0.717, 1.165) is 21.9 Å². The molecular weight excluding hydrogens is 356 g/mol. The van der Waals surface area contributed by atoms with Crippen LogP contribution in [0.1, 0.15) is 10.4 Å². The van der Waals surface area contributed by atoms with Gasteiger partial charge >= 0.3 is 0 Å². The molecule has 0 bridgehead atoms. The maximum atomic E-state index is 12.2. The number of ether oxygens (including phenoxy) is 1. The van der Waals surface area contributed by atoms with Crippen LogP contribution in [-0.4, -0.2) is 25.5 Å². The van der Waals surface area contributed by atoms with Gasteiger partial charge < -0.3 is 19.8 Å². The molecule has 3 aromatic carbocycles. The average Bonchev–Trinajstić information content (AvgIpc) is 3.10. The molecule has 6 heteroatoms. The van der Waals surface area contributed by atoms with E-state index < -0.39 is 0 Å². The fourth-order valence-electron chi connectivity index (χ4n) is 2.99. The molecule has 0 fully saturated rings. The molecule has 28 heavy (non-hydrogen) atoms. The molecule has 0 saturated heterocycles. The minimum atomic E-state index is -0.287. The van der Waals surface area contributed by atoms with E-state index in [1.807, 2.05) is 36.4 Å². The highest BCUT2D eigenvalue weighted by Gasteiger charge is 2.09. The highest BCUT2D eigenvalue weighted by Crippen LogP contribution is 2.31. The molecule has 1 aromatic heterocycles. The lowest BCUT2D eigenvalue weighted by molar-refractivity contribution is -0.118. The molecule has 2 amide bonds. The van der Waals surface area contributed by atoms with Gasteiger partial charge in [0.1, 0.15) is 16.9 Å². The number of carbonyl (C=O) groups excluding carboxylic acids is 2. The van der Waals surface area contributed by atoms with Crippen molar-refractivity contribution in [2.45, 2.75) is 0 Å². The number of fused-ring (bicyclic) bond motifs is 3. The van der Waals surface area contributed by atoms with Crippen LogP contribution in [0.4, 0.5) is 5.69 Å². The minimum absolute atomic E-state index is 0.126. The van der Waals surface area contributed by atoms with Gasteiger partial charge in [-0.05, 0) is 48.5 Å². The lowest BCUT2D eigenvalue weighted by Crippen LogP contribution is -2.20. The van der Waals surface area contributed by atoms with E-state index >= 15 is 0 Å². The standard InChI is InChI=1S/C22H18N2O4/c1-23-22(26)14-6-8-15(9-7-14)24-21(25)13-27-16-10-11-20-18(12-16)17-4-2-3-5-19(17)28-20/h2-12H,13H2,1H3,(H,23,26)(H,24,25). The molecule has 1 heterocycles. The summed E-state index contributed by atoms with van der Waals surface area (Å²) < 4.78 is 11.4. The van der Waals surface area contributed by atoms with Gasteiger partial charge in [0.2, 0.25) is 0 Å². The van der Waals surface area contributed by atoms with Crippen molar-refractivity contribution in [1.82, 2.24) is 5.32 Å². The number of hydrogen-bond donors (Lipinski definition) is 2. The van der Waals surface area contributed by atoms with E-state index in [1.54, 1.807) is 37.4 Å².